The monoisotopic (exact) mass is 489 g/mol. The van der Waals surface area contributed by atoms with Crippen molar-refractivity contribution in [1.29, 1.82) is 0 Å². The van der Waals surface area contributed by atoms with Gasteiger partial charge in [0.05, 0.1) is 13.7 Å². The van der Waals surface area contributed by atoms with Gasteiger partial charge in [0.1, 0.15) is 5.75 Å². The average Bonchev–Trinajstić information content (AvgIpc) is 3.31. The molecule has 1 fully saturated rings. The van der Waals surface area contributed by atoms with Crippen LogP contribution in [0.3, 0.4) is 0 Å². The number of methoxy groups -OCH3 is 1. The van der Waals surface area contributed by atoms with Gasteiger partial charge in [-0.25, -0.2) is 4.79 Å². The molecule has 0 radical (unpaired) electrons. The van der Waals surface area contributed by atoms with E-state index in [4.69, 9.17) is 4.74 Å². The molecule has 2 heterocycles. The lowest BCUT2D eigenvalue weighted by atomic mass is 9.99. The third-order valence-electron chi connectivity index (χ3n) is 5.98. The van der Waals surface area contributed by atoms with E-state index in [1.165, 1.54) is 12.0 Å². The predicted octanol–water partition coefficient (Wildman–Crippen LogP) is 0.572. The summed E-state index contributed by atoms with van der Waals surface area (Å²) in [5.74, 6) is 5.23. The molecule has 2 aromatic carbocycles. The zero-order valence-electron chi connectivity index (χ0n) is 20.3. The molecule has 2 aliphatic heterocycles. The summed E-state index contributed by atoms with van der Waals surface area (Å²) in [6, 6.07) is 11.2. The number of carbonyl (C=O) groups is 4. The molecule has 2 aromatic rings. The Morgan fingerprint density at radius 2 is 1.92 bits per heavy atom. The summed E-state index contributed by atoms with van der Waals surface area (Å²) in [6.45, 7) is 1.40. The third kappa shape index (κ3) is 5.16. The first kappa shape index (κ1) is 24.8. The summed E-state index contributed by atoms with van der Waals surface area (Å²) in [5.41, 5.74) is 0.710. The molecule has 0 aliphatic carbocycles. The Morgan fingerprint density at radius 3 is 2.56 bits per heavy atom. The van der Waals surface area contributed by atoms with Crippen molar-refractivity contribution in [3.05, 3.63) is 64.7 Å². The van der Waals surface area contributed by atoms with Crippen molar-refractivity contribution in [1.82, 2.24) is 25.8 Å². The number of fused-ring (bicyclic) bond motifs is 1. The lowest BCUT2D eigenvalue weighted by molar-refractivity contribution is -0.122. The van der Waals surface area contributed by atoms with Crippen LogP contribution in [0.5, 0.6) is 5.75 Å². The number of rotatable bonds is 7. The van der Waals surface area contributed by atoms with Gasteiger partial charge >= 0.3 is 6.03 Å². The third-order valence-corrected chi connectivity index (χ3v) is 5.98. The summed E-state index contributed by atoms with van der Waals surface area (Å²) >= 11 is 0. The summed E-state index contributed by atoms with van der Waals surface area (Å²) in [4.78, 5) is 53.5. The van der Waals surface area contributed by atoms with Crippen LogP contribution in [-0.4, -0.2) is 79.9 Å². The number of nitrogens with one attached hydrogen (secondary N) is 3. The van der Waals surface area contributed by atoms with Crippen molar-refractivity contribution in [3.63, 3.8) is 0 Å². The second kappa shape index (κ2) is 10.1. The molecule has 186 valence electrons. The maximum atomic E-state index is 13.0. The Morgan fingerprint density at radius 1 is 1.17 bits per heavy atom. The minimum Gasteiger partial charge on any atom is -0.497 e. The van der Waals surface area contributed by atoms with Crippen molar-refractivity contribution in [2.24, 2.45) is 0 Å². The minimum absolute atomic E-state index is 0.125. The molecule has 0 bridgehead atoms. The van der Waals surface area contributed by atoms with Crippen molar-refractivity contribution in [2.75, 3.05) is 40.8 Å². The average molecular weight is 490 g/mol. The second-order valence-corrected chi connectivity index (χ2v) is 8.88. The van der Waals surface area contributed by atoms with Gasteiger partial charge in [0.2, 0.25) is 5.54 Å². The van der Waals surface area contributed by atoms with Gasteiger partial charge < -0.3 is 25.2 Å². The number of nitrogens with zero attached hydrogens (tertiary/aromatic N) is 2. The van der Waals surface area contributed by atoms with E-state index in [1.54, 1.807) is 42.5 Å². The maximum absolute atomic E-state index is 13.0. The zero-order valence-corrected chi connectivity index (χ0v) is 20.3. The van der Waals surface area contributed by atoms with Gasteiger partial charge in [-0.15, -0.1) is 0 Å². The van der Waals surface area contributed by atoms with E-state index in [1.807, 2.05) is 19.0 Å². The molecule has 36 heavy (non-hydrogen) atoms. The maximum Gasteiger partial charge on any atom is 0.323 e. The first-order valence-electron chi connectivity index (χ1n) is 11.4. The molecule has 10 heteroatoms. The largest absolute Gasteiger partial charge is 0.497 e. The van der Waals surface area contributed by atoms with Crippen LogP contribution in [0.15, 0.2) is 42.5 Å². The Bertz CT molecular complexity index is 1280. The highest BCUT2D eigenvalue weighted by atomic mass is 16.5. The Balaban J connectivity index is 1.51. The van der Waals surface area contributed by atoms with E-state index in [0.717, 1.165) is 12.1 Å². The quantitative estimate of drug-likeness (QED) is 0.387. The van der Waals surface area contributed by atoms with E-state index in [9.17, 15) is 19.2 Å². The molecule has 1 atom stereocenters. The van der Waals surface area contributed by atoms with Gasteiger partial charge in [-0.1, -0.05) is 17.9 Å². The fraction of sp³-hybridized carbons (Fsp3) is 0.308. The molecule has 2 aliphatic rings. The number of likely N-dealkylation sites (N-methyl/N-ethyl adjacent to an activating group) is 1. The van der Waals surface area contributed by atoms with E-state index < -0.39 is 17.5 Å². The Hall–Kier alpha value is -4.36. The molecule has 1 saturated heterocycles. The van der Waals surface area contributed by atoms with Crippen LogP contribution in [-0.2, 0) is 11.3 Å². The smallest absolute Gasteiger partial charge is 0.323 e. The van der Waals surface area contributed by atoms with Crippen LogP contribution in [0, 0.1) is 11.8 Å². The Labute approximate surface area is 209 Å². The number of carbonyl (C=O) groups excluding carboxylic acids is 4. The zero-order chi connectivity index (χ0) is 25.9. The highest BCUT2D eigenvalue weighted by Gasteiger charge is 2.48. The van der Waals surface area contributed by atoms with E-state index in [2.05, 4.69) is 27.8 Å². The fourth-order valence-corrected chi connectivity index (χ4v) is 3.99. The van der Waals surface area contributed by atoms with E-state index in [0.29, 0.717) is 29.0 Å². The van der Waals surface area contributed by atoms with Crippen molar-refractivity contribution >= 4 is 23.8 Å². The first-order chi connectivity index (χ1) is 17.2. The number of imide groups is 1. The summed E-state index contributed by atoms with van der Waals surface area (Å²) < 4.78 is 5.21. The fourth-order valence-electron chi connectivity index (χ4n) is 3.99. The van der Waals surface area contributed by atoms with Gasteiger partial charge in [-0.05, 0) is 56.1 Å². The molecule has 0 saturated carbocycles. The highest BCUT2D eigenvalue weighted by Crippen LogP contribution is 2.28. The van der Waals surface area contributed by atoms with E-state index >= 15 is 0 Å². The van der Waals surface area contributed by atoms with Crippen LogP contribution >= 0.6 is 0 Å². The number of hydrogen-bond donors (Lipinski definition) is 3. The van der Waals surface area contributed by atoms with Crippen molar-refractivity contribution < 1.29 is 23.9 Å². The van der Waals surface area contributed by atoms with Crippen molar-refractivity contribution in [2.45, 2.75) is 12.1 Å². The van der Waals surface area contributed by atoms with Crippen LogP contribution in [0.25, 0.3) is 0 Å². The van der Waals surface area contributed by atoms with Crippen LogP contribution in [0.4, 0.5) is 4.79 Å². The summed E-state index contributed by atoms with van der Waals surface area (Å²) in [7, 11) is 5.37. The number of ether oxygens (including phenoxy) is 1. The van der Waals surface area contributed by atoms with Gasteiger partial charge in [0, 0.05) is 36.3 Å². The van der Waals surface area contributed by atoms with Gasteiger partial charge in [-0.2, -0.15) is 0 Å². The van der Waals surface area contributed by atoms with Crippen LogP contribution < -0.4 is 20.7 Å². The highest BCUT2D eigenvalue weighted by molar-refractivity contribution is 6.10. The molecular weight excluding hydrogens is 462 g/mol. The number of benzene rings is 2. The molecule has 3 N–H and O–H groups in total. The van der Waals surface area contributed by atoms with Crippen molar-refractivity contribution in [3.8, 4) is 17.6 Å². The van der Waals surface area contributed by atoms with Crippen LogP contribution in [0.1, 0.15) is 31.8 Å². The van der Waals surface area contributed by atoms with Gasteiger partial charge in [-0.3, -0.25) is 19.7 Å². The molecular formula is C26H27N5O5. The molecule has 0 unspecified atom stereocenters. The normalized spacial score (nSPS) is 18.3. The van der Waals surface area contributed by atoms with Gasteiger partial charge in [0.25, 0.3) is 17.7 Å². The summed E-state index contributed by atoms with van der Waals surface area (Å²) in [5, 5.41) is 7.64. The predicted molar refractivity (Wildman–Crippen MR) is 131 cm³/mol. The summed E-state index contributed by atoms with van der Waals surface area (Å²) in [6.07, 6.45) is 0. The molecule has 4 rings (SSSR count). The number of urea groups is 1. The molecule has 0 spiro atoms. The lowest BCUT2D eigenvalue weighted by Crippen LogP contribution is -2.54. The first-order valence-corrected chi connectivity index (χ1v) is 11.4. The molecule has 5 amide bonds. The number of hydrogen-bond acceptors (Lipinski definition) is 6. The number of amides is 5. The van der Waals surface area contributed by atoms with E-state index in [-0.39, 0.29) is 24.9 Å². The lowest BCUT2D eigenvalue weighted by Gasteiger charge is -2.26. The van der Waals surface area contributed by atoms with Crippen LogP contribution in [0.2, 0.25) is 0 Å². The minimum atomic E-state index is -1.61. The SMILES string of the molecule is COc1ccc2c(c1)C(=O)N(C[C@@]1(C#Cc3ccc(C(=O)NCCN(C)C)cc3)NC(=O)NC1=O)C2. The second-order valence-electron chi connectivity index (χ2n) is 8.88. The standard InChI is InChI=1S/C26H27N5O5/c1-30(2)13-12-27-22(32)18-6-4-17(5-7-18)10-11-26(24(34)28-25(35)29-26)16-31-15-19-8-9-20(36-3)14-21(19)23(31)33/h4-9,14H,12-13,15-16H2,1-3H3,(H,27,32)(H2,28,29,34,35)/t26-/m1/s1. The topological polar surface area (TPSA) is 120 Å². The Kier molecular flexibility index (Phi) is 6.94. The molecule has 10 nitrogen and oxygen atoms in total. The van der Waals surface area contributed by atoms with Gasteiger partial charge in [0.15, 0.2) is 0 Å². The molecule has 0 aromatic heterocycles.